The topological polar surface area (TPSA) is 67.2 Å². The molecule has 0 aliphatic heterocycles. The summed E-state index contributed by atoms with van der Waals surface area (Å²) in [4.78, 5) is 11.8. The predicted molar refractivity (Wildman–Crippen MR) is 73.2 cm³/mol. The zero-order chi connectivity index (χ0) is 13.7. The lowest BCUT2D eigenvalue weighted by molar-refractivity contribution is -0.111. The number of aromatic nitrogens is 2. The number of amides is 1. The van der Waals surface area contributed by atoms with E-state index in [-0.39, 0.29) is 12.5 Å². The normalized spacial score (nSPS) is 10.8. The Bertz CT molecular complexity index is 602. The van der Waals surface area contributed by atoms with Crippen LogP contribution in [-0.2, 0) is 18.4 Å². The van der Waals surface area contributed by atoms with Crippen molar-refractivity contribution in [2.75, 3.05) is 5.32 Å². The summed E-state index contributed by atoms with van der Waals surface area (Å²) < 4.78 is 1.67. The zero-order valence-corrected chi connectivity index (χ0v) is 10.6. The Labute approximate surface area is 111 Å². The highest BCUT2D eigenvalue weighted by atomic mass is 16.3. The van der Waals surface area contributed by atoms with Crippen LogP contribution < -0.4 is 5.32 Å². The van der Waals surface area contributed by atoms with E-state index in [4.69, 9.17) is 5.11 Å². The average molecular weight is 257 g/mol. The minimum absolute atomic E-state index is 0.108. The van der Waals surface area contributed by atoms with E-state index < -0.39 is 0 Å². The standard InChI is InChI=1S/C14H15N3O2/c1-17-9-11(8-15-17)6-7-14(19)16-13-5-3-2-4-12(13)10-18/h2-9,18H,10H2,1H3,(H,16,19). The van der Waals surface area contributed by atoms with Crippen LogP contribution in [0.5, 0.6) is 0 Å². The lowest BCUT2D eigenvalue weighted by Gasteiger charge is -2.06. The van der Waals surface area contributed by atoms with Gasteiger partial charge in [-0.15, -0.1) is 0 Å². The molecule has 1 aromatic heterocycles. The molecule has 0 fully saturated rings. The van der Waals surface area contributed by atoms with Crippen molar-refractivity contribution in [3.8, 4) is 0 Å². The van der Waals surface area contributed by atoms with Gasteiger partial charge in [0.05, 0.1) is 12.8 Å². The molecule has 0 radical (unpaired) electrons. The van der Waals surface area contributed by atoms with Gasteiger partial charge in [0.15, 0.2) is 0 Å². The molecular formula is C14H15N3O2. The van der Waals surface area contributed by atoms with Crippen molar-refractivity contribution in [1.29, 1.82) is 0 Å². The smallest absolute Gasteiger partial charge is 0.248 e. The molecular weight excluding hydrogens is 242 g/mol. The number of anilines is 1. The Kier molecular flexibility index (Phi) is 4.10. The molecule has 0 aliphatic carbocycles. The summed E-state index contributed by atoms with van der Waals surface area (Å²) in [7, 11) is 1.81. The molecule has 98 valence electrons. The number of carbonyl (C=O) groups excluding carboxylic acids is 1. The molecule has 5 nitrogen and oxygen atoms in total. The summed E-state index contributed by atoms with van der Waals surface area (Å²) in [5, 5.41) is 15.9. The molecule has 2 rings (SSSR count). The molecule has 2 aromatic rings. The van der Waals surface area contributed by atoms with Gasteiger partial charge in [-0.05, 0) is 12.1 Å². The van der Waals surface area contributed by atoms with Crippen molar-refractivity contribution in [1.82, 2.24) is 9.78 Å². The zero-order valence-electron chi connectivity index (χ0n) is 10.6. The highest BCUT2D eigenvalue weighted by Gasteiger charge is 2.03. The summed E-state index contributed by atoms with van der Waals surface area (Å²) in [5.41, 5.74) is 2.16. The number of aliphatic hydroxyl groups excluding tert-OH is 1. The summed E-state index contributed by atoms with van der Waals surface area (Å²) in [6, 6.07) is 7.13. The first kappa shape index (κ1) is 13.0. The van der Waals surface area contributed by atoms with Crippen LogP contribution in [0, 0.1) is 0 Å². The first-order valence-electron chi connectivity index (χ1n) is 5.85. The van der Waals surface area contributed by atoms with Crippen LogP contribution in [0.15, 0.2) is 42.7 Å². The second-order valence-electron chi connectivity index (χ2n) is 4.09. The third-order valence-electron chi connectivity index (χ3n) is 2.60. The maximum atomic E-state index is 11.8. The van der Waals surface area contributed by atoms with E-state index in [1.165, 1.54) is 6.08 Å². The fraction of sp³-hybridized carbons (Fsp3) is 0.143. The molecule has 0 spiro atoms. The molecule has 0 atom stereocenters. The number of carbonyl (C=O) groups is 1. The summed E-state index contributed by atoms with van der Waals surface area (Å²) >= 11 is 0. The SMILES string of the molecule is Cn1cc(C=CC(=O)Nc2ccccc2CO)cn1. The van der Waals surface area contributed by atoms with Crippen LogP contribution in [0.3, 0.4) is 0 Å². The predicted octanol–water partition coefficient (Wildman–Crippen LogP) is 1.56. The van der Waals surface area contributed by atoms with E-state index in [1.807, 2.05) is 19.3 Å². The number of para-hydroxylation sites is 1. The molecule has 2 N–H and O–H groups in total. The lowest BCUT2D eigenvalue weighted by atomic mass is 10.2. The Morgan fingerprint density at radius 2 is 2.26 bits per heavy atom. The lowest BCUT2D eigenvalue weighted by Crippen LogP contribution is -2.09. The Balaban J connectivity index is 2.03. The maximum Gasteiger partial charge on any atom is 0.248 e. The summed E-state index contributed by atoms with van der Waals surface area (Å²) in [5.74, 6) is -0.246. The van der Waals surface area contributed by atoms with Gasteiger partial charge >= 0.3 is 0 Å². The van der Waals surface area contributed by atoms with Crippen molar-refractivity contribution in [2.24, 2.45) is 7.05 Å². The second kappa shape index (κ2) is 5.97. The molecule has 0 bridgehead atoms. The van der Waals surface area contributed by atoms with Crippen LogP contribution in [0.25, 0.3) is 6.08 Å². The van der Waals surface area contributed by atoms with E-state index in [0.29, 0.717) is 11.3 Å². The van der Waals surface area contributed by atoms with E-state index in [2.05, 4.69) is 10.4 Å². The largest absolute Gasteiger partial charge is 0.392 e. The fourth-order valence-electron chi connectivity index (χ4n) is 1.65. The number of benzene rings is 1. The number of aliphatic hydroxyl groups is 1. The first-order chi connectivity index (χ1) is 9.19. The van der Waals surface area contributed by atoms with E-state index in [1.54, 1.807) is 35.2 Å². The van der Waals surface area contributed by atoms with Crippen molar-refractivity contribution in [2.45, 2.75) is 6.61 Å². The molecule has 1 aromatic carbocycles. The molecule has 1 heterocycles. The van der Waals surface area contributed by atoms with Gasteiger partial charge in [-0.25, -0.2) is 0 Å². The second-order valence-corrected chi connectivity index (χ2v) is 4.09. The fourth-order valence-corrected chi connectivity index (χ4v) is 1.65. The Morgan fingerprint density at radius 3 is 2.95 bits per heavy atom. The molecule has 0 unspecified atom stereocenters. The molecule has 0 saturated heterocycles. The Morgan fingerprint density at radius 1 is 1.47 bits per heavy atom. The molecule has 0 saturated carbocycles. The summed E-state index contributed by atoms with van der Waals surface area (Å²) in [6.45, 7) is -0.108. The number of nitrogens with zero attached hydrogens (tertiary/aromatic N) is 2. The number of rotatable bonds is 4. The third-order valence-corrected chi connectivity index (χ3v) is 2.60. The molecule has 5 heteroatoms. The molecule has 0 aliphatic rings. The Hall–Kier alpha value is -2.40. The van der Waals surface area contributed by atoms with Gasteiger partial charge in [0.2, 0.25) is 5.91 Å². The maximum absolute atomic E-state index is 11.8. The number of aryl methyl sites for hydroxylation is 1. The number of nitrogens with one attached hydrogen (secondary N) is 1. The molecule has 1 amide bonds. The van der Waals surface area contributed by atoms with Crippen LogP contribution in [0.2, 0.25) is 0 Å². The van der Waals surface area contributed by atoms with Crippen LogP contribution in [-0.4, -0.2) is 20.8 Å². The quantitative estimate of drug-likeness (QED) is 0.817. The monoisotopic (exact) mass is 257 g/mol. The summed E-state index contributed by atoms with van der Waals surface area (Å²) in [6.07, 6.45) is 6.60. The van der Waals surface area contributed by atoms with Gasteiger partial charge < -0.3 is 10.4 Å². The first-order valence-corrected chi connectivity index (χ1v) is 5.85. The minimum atomic E-state index is -0.246. The van der Waals surface area contributed by atoms with Gasteiger partial charge in [-0.1, -0.05) is 18.2 Å². The molecule has 19 heavy (non-hydrogen) atoms. The van der Waals surface area contributed by atoms with Gasteiger partial charge in [-0.3, -0.25) is 9.48 Å². The number of hydrogen-bond acceptors (Lipinski definition) is 3. The van der Waals surface area contributed by atoms with E-state index in [9.17, 15) is 4.79 Å². The minimum Gasteiger partial charge on any atom is -0.392 e. The van der Waals surface area contributed by atoms with Gasteiger partial charge in [0, 0.05) is 36.1 Å². The van der Waals surface area contributed by atoms with E-state index >= 15 is 0 Å². The van der Waals surface area contributed by atoms with Gasteiger partial charge in [0.25, 0.3) is 0 Å². The highest BCUT2D eigenvalue weighted by Crippen LogP contribution is 2.14. The van der Waals surface area contributed by atoms with Crippen LogP contribution >= 0.6 is 0 Å². The van der Waals surface area contributed by atoms with Crippen molar-refractivity contribution in [3.05, 3.63) is 53.9 Å². The van der Waals surface area contributed by atoms with Crippen LogP contribution in [0.1, 0.15) is 11.1 Å². The highest BCUT2D eigenvalue weighted by molar-refractivity contribution is 6.02. The van der Waals surface area contributed by atoms with E-state index in [0.717, 1.165) is 5.56 Å². The number of hydrogen-bond donors (Lipinski definition) is 2. The van der Waals surface area contributed by atoms with Crippen molar-refractivity contribution < 1.29 is 9.90 Å². The van der Waals surface area contributed by atoms with Gasteiger partial charge in [-0.2, -0.15) is 5.10 Å². The van der Waals surface area contributed by atoms with Crippen molar-refractivity contribution >= 4 is 17.7 Å². The van der Waals surface area contributed by atoms with Crippen LogP contribution in [0.4, 0.5) is 5.69 Å². The average Bonchev–Trinajstić information content (AvgIpc) is 2.83. The van der Waals surface area contributed by atoms with Crippen molar-refractivity contribution in [3.63, 3.8) is 0 Å². The van der Waals surface area contributed by atoms with Gasteiger partial charge in [0.1, 0.15) is 0 Å². The third kappa shape index (κ3) is 3.53.